The molecule has 7 nitrogen and oxygen atoms in total. The molecule has 2 aromatic heterocycles. The number of anilines is 1. The molecule has 0 spiro atoms. The highest BCUT2D eigenvalue weighted by molar-refractivity contribution is 6.02. The van der Waals surface area contributed by atoms with Gasteiger partial charge in [0.25, 0.3) is 5.91 Å². The maximum absolute atomic E-state index is 14.0. The standard InChI is InChI=1S/C30H29N3O4/c1-3-33(23-12-5-4-6-13-23)28(34)30(2,18-22-19-31-26-15-9-8-14-25(22)26)32-29(35)36-20-24-17-21-11-7-10-16-27(21)37-24/h4-17,19,31H,3,18,20H2,1-2H3,(H,32,35). The van der Waals surface area contributed by atoms with Crippen LogP contribution in [0.1, 0.15) is 25.2 Å². The Kier molecular flexibility index (Phi) is 6.68. The van der Waals surface area contributed by atoms with Crippen molar-refractivity contribution in [1.29, 1.82) is 0 Å². The minimum absolute atomic E-state index is 0.0476. The lowest BCUT2D eigenvalue weighted by molar-refractivity contribution is -0.124. The molecule has 1 atom stereocenters. The predicted octanol–water partition coefficient (Wildman–Crippen LogP) is 6.19. The molecule has 5 aromatic rings. The van der Waals surface area contributed by atoms with E-state index in [1.54, 1.807) is 11.8 Å². The summed E-state index contributed by atoms with van der Waals surface area (Å²) in [5, 5.41) is 4.81. The molecule has 2 amide bonds. The zero-order chi connectivity index (χ0) is 25.8. The number of fused-ring (bicyclic) bond motifs is 2. The molecular formula is C30H29N3O4. The van der Waals surface area contributed by atoms with Crippen molar-refractivity contribution < 1.29 is 18.7 Å². The quantitative estimate of drug-likeness (QED) is 0.269. The van der Waals surface area contributed by atoms with E-state index in [1.165, 1.54) is 0 Å². The lowest BCUT2D eigenvalue weighted by Gasteiger charge is -2.34. The molecule has 0 aliphatic heterocycles. The van der Waals surface area contributed by atoms with E-state index < -0.39 is 11.6 Å². The van der Waals surface area contributed by atoms with Crippen LogP contribution in [0.3, 0.4) is 0 Å². The lowest BCUT2D eigenvalue weighted by atomic mass is 9.90. The van der Waals surface area contributed by atoms with Crippen LogP contribution in [0.4, 0.5) is 10.5 Å². The molecule has 2 N–H and O–H groups in total. The maximum atomic E-state index is 14.0. The molecule has 2 heterocycles. The van der Waals surface area contributed by atoms with E-state index in [2.05, 4.69) is 10.3 Å². The second-order valence-corrected chi connectivity index (χ2v) is 9.21. The molecule has 0 radical (unpaired) electrons. The highest BCUT2D eigenvalue weighted by atomic mass is 16.6. The number of furan rings is 1. The zero-order valence-electron chi connectivity index (χ0n) is 20.9. The zero-order valence-corrected chi connectivity index (χ0v) is 20.9. The number of likely N-dealkylation sites (N-methyl/N-ethyl adjacent to an activating group) is 1. The minimum Gasteiger partial charge on any atom is -0.457 e. The molecule has 7 heteroatoms. The number of nitrogens with one attached hydrogen (secondary N) is 2. The summed E-state index contributed by atoms with van der Waals surface area (Å²) in [7, 11) is 0. The van der Waals surface area contributed by atoms with Crippen molar-refractivity contribution in [2.75, 3.05) is 11.4 Å². The van der Waals surface area contributed by atoms with Crippen LogP contribution in [-0.4, -0.2) is 29.1 Å². The van der Waals surface area contributed by atoms with Crippen LogP contribution < -0.4 is 10.2 Å². The fourth-order valence-corrected chi connectivity index (χ4v) is 4.69. The number of rotatable bonds is 8. The van der Waals surface area contributed by atoms with Crippen molar-refractivity contribution in [3.05, 3.63) is 102 Å². The number of para-hydroxylation sites is 3. The molecule has 0 fully saturated rings. The van der Waals surface area contributed by atoms with Crippen LogP contribution >= 0.6 is 0 Å². The van der Waals surface area contributed by atoms with Gasteiger partial charge >= 0.3 is 6.09 Å². The third-order valence-electron chi connectivity index (χ3n) is 6.52. The van der Waals surface area contributed by atoms with Crippen LogP contribution in [0, 0.1) is 0 Å². The molecule has 188 valence electrons. The van der Waals surface area contributed by atoms with Crippen molar-refractivity contribution in [1.82, 2.24) is 10.3 Å². The van der Waals surface area contributed by atoms with E-state index in [9.17, 15) is 9.59 Å². The number of aromatic nitrogens is 1. The number of carbonyl (C=O) groups is 2. The number of ether oxygens (including phenoxy) is 1. The van der Waals surface area contributed by atoms with Crippen LogP contribution in [0.5, 0.6) is 0 Å². The second kappa shape index (κ2) is 10.2. The second-order valence-electron chi connectivity index (χ2n) is 9.21. The van der Waals surface area contributed by atoms with Crippen molar-refractivity contribution >= 4 is 39.6 Å². The molecule has 37 heavy (non-hydrogen) atoms. The van der Waals surface area contributed by atoms with E-state index in [4.69, 9.17) is 9.15 Å². The number of hydrogen-bond donors (Lipinski definition) is 2. The van der Waals surface area contributed by atoms with Gasteiger partial charge < -0.3 is 24.4 Å². The van der Waals surface area contributed by atoms with Gasteiger partial charge in [0.2, 0.25) is 0 Å². The van der Waals surface area contributed by atoms with Crippen LogP contribution in [0.25, 0.3) is 21.9 Å². The first-order chi connectivity index (χ1) is 18.0. The van der Waals surface area contributed by atoms with Gasteiger partial charge in [-0.3, -0.25) is 4.79 Å². The third kappa shape index (κ3) is 5.07. The average Bonchev–Trinajstić information content (AvgIpc) is 3.52. The van der Waals surface area contributed by atoms with Crippen molar-refractivity contribution in [2.24, 2.45) is 0 Å². The molecule has 0 aliphatic rings. The van der Waals surface area contributed by atoms with Crippen molar-refractivity contribution in [2.45, 2.75) is 32.4 Å². The monoisotopic (exact) mass is 495 g/mol. The van der Waals surface area contributed by atoms with E-state index in [-0.39, 0.29) is 18.9 Å². The maximum Gasteiger partial charge on any atom is 0.408 e. The number of H-pyrrole nitrogens is 1. The van der Waals surface area contributed by atoms with Crippen molar-refractivity contribution in [3.63, 3.8) is 0 Å². The van der Waals surface area contributed by atoms with Gasteiger partial charge in [0, 0.05) is 41.1 Å². The van der Waals surface area contributed by atoms with E-state index in [1.807, 2.05) is 98.0 Å². The van der Waals surface area contributed by atoms with Crippen molar-refractivity contribution in [3.8, 4) is 0 Å². The molecular weight excluding hydrogens is 466 g/mol. The average molecular weight is 496 g/mol. The normalized spacial score (nSPS) is 12.8. The molecule has 0 aliphatic carbocycles. The van der Waals surface area contributed by atoms with E-state index in [0.29, 0.717) is 12.3 Å². The molecule has 3 aromatic carbocycles. The number of alkyl carbamates (subject to hydrolysis) is 1. The van der Waals surface area contributed by atoms with Crippen LogP contribution in [0.2, 0.25) is 0 Å². The van der Waals surface area contributed by atoms with Gasteiger partial charge in [-0.2, -0.15) is 0 Å². The fraction of sp³-hybridized carbons (Fsp3) is 0.200. The fourth-order valence-electron chi connectivity index (χ4n) is 4.69. The number of amides is 2. The Morgan fingerprint density at radius 1 is 1.00 bits per heavy atom. The van der Waals surface area contributed by atoms with Gasteiger partial charge in [-0.15, -0.1) is 0 Å². The molecule has 5 rings (SSSR count). The Morgan fingerprint density at radius 3 is 2.51 bits per heavy atom. The summed E-state index contributed by atoms with van der Waals surface area (Å²) in [5.41, 5.74) is 2.10. The predicted molar refractivity (Wildman–Crippen MR) is 144 cm³/mol. The van der Waals surface area contributed by atoms with Gasteiger partial charge in [-0.1, -0.05) is 54.6 Å². The first-order valence-corrected chi connectivity index (χ1v) is 12.3. The Hall–Kier alpha value is -4.52. The van der Waals surface area contributed by atoms with Gasteiger partial charge in [0.05, 0.1) is 0 Å². The summed E-state index contributed by atoms with van der Waals surface area (Å²) < 4.78 is 11.3. The smallest absolute Gasteiger partial charge is 0.408 e. The Balaban J connectivity index is 1.40. The van der Waals surface area contributed by atoms with Gasteiger partial charge in [0.15, 0.2) is 6.61 Å². The highest BCUT2D eigenvalue weighted by Gasteiger charge is 2.39. The minimum atomic E-state index is -1.28. The summed E-state index contributed by atoms with van der Waals surface area (Å²) in [5.74, 6) is 0.299. The summed E-state index contributed by atoms with van der Waals surface area (Å²) >= 11 is 0. The van der Waals surface area contributed by atoms with Gasteiger partial charge in [-0.25, -0.2) is 4.79 Å². The molecule has 1 unspecified atom stereocenters. The Morgan fingerprint density at radius 2 is 1.73 bits per heavy atom. The highest BCUT2D eigenvalue weighted by Crippen LogP contribution is 2.26. The Bertz CT molecular complexity index is 1510. The number of nitrogens with zero attached hydrogens (tertiary/aromatic N) is 1. The van der Waals surface area contributed by atoms with Gasteiger partial charge in [0.1, 0.15) is 16.9 Å². The summed E-state index contributed by atoms with van der Waals surface area (Å²) in [4.78, 5) is 32.0. The van der Waals surface area contributed by atoms with E-state index >= 15 is 0 Å². The Labute approximate surface area is 215 Å². The first-order valence-electron chi connectivity index (χ1n) is 12.3. The van der Waals surface area contributed by atoms with Gasteiger partial charge in [-0.05, 0) is 49.7 Å². The number of aromatic amines is 1. The largest absolute Gasteiger partial charge is 0.457 e. The van der Waals surface area contributed by atoms with E-state index in [0.717, 1.165) is 33.1 Å². The molecule has 0 bridgehead atoms. The number of benzene rings is 3. The SMILES string of the molecule is CCN(C(=O)C(C)(Cc1c[nH]c2ccccc12)NC(=O)OCc1cc2ccccc2o1)c1ccccc1. The first kappa shape index (κ1) is 24.2. The summed E-state index contributed by atoms with van der Waals surface area (Å²) in [6.07, 6.45) is 1.47. The molecule has 0 saturated carbocycles. The third-order valence-corrected chi connectivity index (χ3v) is 6.52. The van der Waals surface area contributed by atoms with Crippen LogP contribution in [-0.2, 0) is 22.6 Å². The van der Waals surface area contributed by atoms with Crippen LogP contribution in [0.15, 0.2) is 95.5 Å². The summed E-state index contributed by atoms with van der Waals surface area (Å²) in [6.45, 7) is 4.05. The number of carbonyl (C=O) groups excluding carboxylic acids is 2. The summed E-state index contributed by atoms with van der Waals surface area (Å²) in [6, 6.07) is 26.8. The number of hydrogen-bond acceptors (Lipinski definition) is 4. The topological polar surface area (TPSA) is 87.6 Å². The lowest BCUT2D eigenvalue weighted by Crippen LogP contribution is -2.59. The molecule has 0 saturated heterocycles.